The van der Waals surface area contributed by atoms with E-state index < -0.39 is 5.41 Å². The molecule has 5 nitrogen and oxygen atoms in total. The molecular formula is C18H22N4O. The first kappa shape index (κ1) is 14.4. The fourth-order valence-corrected chi connectivity index (χ4v) is 4.85. The van der Waals surface area contributed by atoms with Gasteiger partial charge in [0, 0.05) is 23.9 Å². The van der Waals surface area contributed by atoms with Crippen molar-refractivity contribution < 1.29 is 4.79 Å². The molecule has 2 fully saturated rings. The van der Waals surface area contributed by atoms with Crippen molar-refractivity contribution >= 4 is 22.5 Å². The largest absolute Gasteiger partial charge is 0.369 e. The normalized spacial score (nSPS) is 28.5. The highest BCUT2D eigenvalue weighted by molar-refractivity contribution is 5.94. The van der Waals surface area contributed by atoms with Gasteiger partial charge < -0.3 is 10.6 Å². The smallest absolute Gasteiger partial charge is 0.225 e. The summed E-state index contributed by atoms with van der Waals surface area (Å²) >= 11 is 0. The average molecular weight is 310 g/mol. The van der Waals surface area contributed by atoms with Crippen LogP contribution in [0.3, 0.4) is 0 Å². The van der Waals surface area contributed by atoms with Crippen molar-refractivity contribution in [2.24, 2.45) is 22.5 Å². The lowest BCUT2D eigenvalue weighted by molar-refractivity contribution is -0.148. The fraction of sp³-hybridized carbons (Fsp3) is 0.500. The van der Waals surface area contributed by atoms with Gasteiger partial charge in [-0.05, 0) is 24.7 Å². The lowest BCUT2D eigenvalue weighted by Crippen LogP contribution is -2.59. The van der Waals surface area contributed by atoms with Crippen molar-refractivity contribution in [3.05, 3.63) is 30.0 Å². The number of hydrogen-bond donors (Lipinski definition) is 1. The summed E-state index contributed by atoms with van der Waals surface area (Å²) in [7, 11) is 0. The zero-order valence-corrected chi connectivity index (χ0v) is 13.8. The van der Waals surface area contributed by atoms with Crippen LogP contribution in [-0.4, -0.2) is 29.2 Å². The number of aromatic nitrogens is 2. The molecule has 2 aliphatic rings. The predicted octanol–water partition coefficient (Wildman–Crippen LogP) is 2.28. The number of rotatable bonds is 2. The number of benzene rings is 1. The number of hydrogen-bond acceptors (Lipinski definition) is 4. The molecule has 120 valence electrons. The number of carbonyl (C=O) groups excluding carboxylic acids is 1. The van der Waals surface area contributed by atoms with Crippen molar-refractivity contribution in [1.82, 2.24) is 10.2 Å². The summed E-state index contributed by atoms with van der Waals surface area (Å²) in [5.41, 5.74) is 6.44. The minimum absolute atomic E-state index is 0.151. The second-order valence-corrected chi connectivity index (χ2v) is 7.77. The molecule has 1 aliphatic carbocycles. The van der Waals surface area contributed by atoms with Crippen molar-refractivity contribution in [3.8, 4) is 0 Å². The van der Waals surface area contributed by atoms with Crippen molar-refractivity contribution in [2.45, 2.75) is 27.2 Å². The molecule has 4 rings (SSSR count). The first-order valence-corrected chi connectivity index (χ1v) is 8.12. The Morgan fingerprint density at radius 1 is 1.26 bits per heavy atom. The molecule has 2 heterocycles. The Balaban J connectivity index is 1.79. The van der Waals surface area contributed by atoms with Crippen LogP contribution in [0.5, 0.6) is 0 Å². The van der Waals surface area contributed by atoms with E-state index in [9.17, 15) is 4.79 Å². The van der Waals surface area contributed by atoms with Gasteiger partial charge in [0.05, 0.1) is 11.1 Å². The number of primary amides is 1. The lowest BCUT2D eigenvalue weighted by Gasteiger charge is -2.54. The van der Waals surface area contributed by atoms with Gasteiger partial charge in [0.15, 0.2) is 5.82 Å². The van der Waals surface area contributed by atoms with Gasteiger partial charge in [0.2, 0.25) is 5.91 Å². The van der Waals surface area contributed by atoms with E-state index in [4.69, 9.17) is 5.73 Å². The minimum Gasteiger partial charge on any atom is -0.369 e. The van der Waals surface area contributed by atoms with Crippen LogP contribution in [0.25, 0.3) is 10.8 Å². The van der Waals surface area contributed by atoms with Gasteiger partial charge >= 0.3 is 0 Å². The number of nitrogens with two attached hydrogens (primary N) is 1. The molecule has 0 bridgehead atoms. The molecule has 0 radical (unpaired) electrons. The highest BCUT2D eigenvalue weighted by Crippen LogP contribution is 2.63. The molecule has 1 aromatic carbocycles. The molecule has 2 atom stereocenters. The lowest BCUT2D eigenvalue weighted by atomic mass is 9.48. The molecular weight excluding hydrogens is 288 g/mol. The molecule has 1 saturated carbocycles. The van der Waals surface area contributed by atoms with E-state index in [1.807, 2.05) is 19.1 Å². The van der Waals surface area contributed by atoms with Gasteiger partial charge in [-0.25, -0.2) is 0 Å². The number of fused-ring (bicyclic) bond motifs is 2. The van der Waals surface area contributed by atoms with Crippen LogP contribution in [0.1, 0.15) is 26.0 Å². The third-order valence-corrected chi connectivity index (χ3v) is 5.90. The van der Waals surface area contributed by atoms with E-state index in [0.717, 1.165) is 35.2 Å². The SMILES string of the molecule is Cc1nnc(N2C[C@@H]3C(C)(C)C[C@]3(C(N)=O)C2)c2ccccc12. The molecule has 5 heteroatoms. The van der Waals surface area contributed by atoms with E-state index in [0.29, 0.717) is 6.54 Å². The maximum Gasteiger partial charge on any atom is 0.225 e. The maximum atomic E-state index is 12.1. The van der Waals surface area contributed by atoms with Crippen LogP contribution >= 0.6 is 0 Å². The van der Waals surface area contributed by atoms with E-state index >= 15 is 0 Å². The van der Waals surface area contributed by atoms with E-state index in [1.54, 1.807) is 0 Å². The second kappa shape index (κ2) is 4.43. The van der Waals surface area contributed by atoms with Crippen LogP contribution in [0.2, 0.25) is 0 Å². The first-order chi connectivity index (χ1) is 10.8. The zero-order chi connectivity index (χ0) is 16.4. The summed E-state index contributed by atoms with van der Waals surface area (Å²) in [4.78, 5) is 14.3. The van der Waals surface area contributed by atoms with Gasteiger partial charge in [-0.1, -0.05) is 38.1 Å². The van der Waals surface area contributed by atoms with Crippen molar-refractivity contribution in [2.75, 3.05) is 18.0 Å². The standard InChI is InChI=1S/C18H22N4O/c1-11-12-6-4-5-7-13(12)15(21-20-11)22-8-14-17(2,3)9-18(14,10-22)16(19)23/h4-7,14H,8-10H2,1-3H3,(H2,19,23)/t14-,18+/m1/s1. The minimum atomic E-state index is -0.406. The van der Waals surface area contributed by atoms with E-state index in [2.05, 4.69) is 41.1 Å². The Morgan fingerprint density at radius 3 is 2.57 bits per heavy atom. The third-order valence-electron chi connectivity index (χ3n) is 5.90. The average Bonchev–Trinajstić information content (AvgIpc) is 2.84. The van der Waals surface area contributed by atoms with E-state index in [1.165, 1.54) is 0 Å². The highest BCUT2D eigenvalue weighted by Gasteiger charge is 2.66. The second-order valence-electron chi connectivity index (χ2n) is 7.77. The summed E-state index contributed by atoms with van der Waals surface area (Å²) in [6.45, 7) is 7.89. The van der Waals surface area contributed by atoms with Crippen LogP contribution in [-0.2, 0) is 4.79 Å². The molecule has 2 N–H and O–H groups in total. The molecule has 23 heavy (non-hydrogen) atoms. The van der Waals surface area contributed by atoms with Crippen molar-refractivity contribution in [1.29, 1.82) is 0 Å². The summed E-state index contributed by atoms with van der Waals surface area (Å²) in [6.07, 6.45) is 0.855. The molecule has 1 saturated heterocycles. The molecule has 1 aromatic heterocycles. The topological polar surface area (TPSA) is 72.1 Å². The van der Waals surface area contributed by atoms with Crippen LogP contribution < -0.4 is 10.6 Å². The number of nitrogens with zero attached hydrogens (tertiary/aromatic N) is 3. The first-order valence-electron chi connectivity index (χ1n) is 8.12. The van der Waals surface area contributed by atoms with Gasteiger partial charge in [0.1, 0.15) is 0 Å². The summed E-state index contributed by atoms with van der Waals surface area (Å²) in [5.74, 6) is 0.986. The predicted molar refractivity (Wildman–Crippen MR) is 90.0 cm³/mol. The van der Waals surface area contributed by atoms with Gasteiger partial charge in [0.25, 0.3) is 0 Å². The number of carbonyl (C=O) groups is 1. The number of anilines is 1. The Kier molecular flexibility index (Phi) is 2.78. The molecule has 0 unspecified atom stereocenters. The van der Waals surface area contributed by atoms with Gasteiger partial charge in [-0.3, -0.25) is 4.79 Å². The summed E-state index contributed by atoms with van der Waals surface area (Å²) < 4.78 is 0. The van der Waals surface area contributed by atoms with Crippen LogP contribution in [0.4, 0.5) is 5.82 Å². The number of aryl methyl sites for hydroxylation is 1. The van der Waals surface area contributed by atoms with Crippen molar-refractivity contribution in [3.63, 3.8) is 0 Å². The summed E-state index contributed by atoms with van der Waals surface area (Å²) in [6, 6.07) is 8.18. The van der Waals surface area contributed by atoms with Crippen LogP contribution in [0, 0.1) is 23.7 Å². The highest BCUT2D eigenvalue weighted by atomic mass is 16.1. The zero-order valence-electron chi connectivity index (χ0n) is 13.8. The molecule has 0 spiro atoms. The van der Waals surface area contributed by atoms with E-state index in [-0.39, 0.29) is 17.2 Å². The maximum absolute atomic E-state index is 12.1. The third kappa shape index (κ3) is 1.82. The Hall–Kier alpha value is -2.17. The molecule has 1 aliphatic heterocycles. The Bertz CT molecular complexity index is 816. The monoisotopic (exact) mass is 310 g/mol. The summed E-state index contributed by atoms with van der Waals surface area (Å²) in [5, 5.41) is 11.0. The van der Waals surface area contributed by atoms with Gasteiger partial charge in [-0.15, -0.1) is 5.10 Å². The fourth-order valence-electron chi connectivity index (χ4n) is 4.85. The Labute approximate surface area is 135 Å². The molecule has 1 amide bonds. The van der Waals surface area contributed by atoms with Gasteiger partial charge in [-0.2, -0.15) is 5.10 Å². The quantitative estimate of drug-likeness (QED) is 0.923. The molecule has 2 aromatic rings. The Morgan fingerprint density at radius 2 is 1.96 bits per heavy atom. The van der Waals surface area contributed by atoms with Crippen LogP contribution in [0.15, 0.2) is 24.3 Å². The number of amides is 1.